The van der Waals surface area contributed by atoms with E-state index in [-0.39, 0.29) is 0 Å². The van der Waals surface area contributed by atoms with E-state index in [1.807, 2.05) is 6.20 Å². The van der Waals surface area contributed by atoms with Crippen molar-refractivity contribution in [3.05, 3.63) is 30.1 Å². The molecular weight excluding hydrogens is 196 g/mol. The Morgan fingerprint density at radius 1 is 1.19 bits per heavy atom. The average molecular weight is 216 g/mol. The highest BCUT2D eigenvalue weighted by atomic mass is 14.8. The summed E-state index contributed by atoms with van der Waals surface area (Å²) in [5, 5.41) is 3.53. The lowest BCUT2D eigenvalue weighted by atomic mass is 9.77. The second kappa shape index (κ2) is 4.46. The van der Waals surface area contributed by atoms with Gasteiger partial charge in [-0.15, -0.1) is 0 Å². The Hall–Kier alpha value is -1.02. The zero-order chi connectivity index (χ0) is 10.8. The molecule has 1 aromatic rings. The summed E-state index contributed by atoms with van der Waals surface area (Å²) in [5.74, 6) is 1.70. The molecule has 0 radical (unpaired) electrons. The van der Waals surface area contributed by atoms with E-state index >= 15 is 0 Å². The molecule has 1 aromatic heterocycles. The molecule has 2 aliphatic rings. The van der Waals surface area contributed by atoms with Crippen LogP contribution in [0.15, 0.2) is 24.5 Å². The van der Waals surface area contributed by atoms with Gasteiger partial charge in [0, 0.05) is 12.4 Å². The van der Waals surface area contributed by atoms with E-state index in [1.54, 1.807) is 5.57 Å². The normalized spacial score (nSPS) is 30.4. The Balaban J connectivity index is 1.84. The second-order valence-electron chi connectivity index (χ2n) is 5.18. The number of hydrogen-bond acceptors (Lipinski definition) is 1. The van der Waals surface area contributed by atoms with Gasteiger partial charge in [0.1, 0.15) is 0 Å². The lowest BCUT2D eigenvalue weighted by molar-refractivity contribution is 0.334. The fourth-order valence-electron chi connectivity index (χ4n) is 3.12. The van der Waals surface area contributed by atoms with Crippen LogP contribution in [-0.2, 0) is 0 Å². The molecule has 0 spiro atoms. The number of rotatable bonds is 1. The Morgan fingerprint density at radius 2 is 2.12 bits per heavy atom. The van der Waals surface area contributed by atoms with Gasteiger partial charge in [-0.3, -0.25) is 0 Å². The van der Waals surface area contributed by atoms with Gasteiger partial charge >= 0.3 is 0 Å². The summed E-state index contributed by atoms with van der Waals surface area (Å²) in [5.41, 5.74) is 2.98. The SMILES string of the molecule is C1=C(c2cc[nH]c2)CC2CCNCCC1C2. The van der Waals surface area contributed by atoms with Crippen LogP contribution in [0.25, 0.3) is 5.57 Å². The van der Waals surface area contributed by atoms with E-state index in [0.29, 0.717) is 0 Å². The van der Waals surface area contributed by atoms with Crippen molar-refractivity contribution < 1.29 is 0 Å². The Labute approximate surface area is 97.1 Å². The standard InChI is InChI=1S/C14H20N2/c1-4-15-5-2-12-7-11(1)8-14(9-12)13-3-6-16-10-13/h3,6,8,10-12,15-16H,1-2,4-5,7,9H2. The topological polar surface area (TPSA) is 27.8 Å². The van der Waals surface area contributed by atoms with E-state index in [9.17, 15) is 0 Å². The van der Waals surface area contributed by atoms with Gasteiger partial charge < -0.3 is 10.3 Å². The third-order valence-corrected chi connectivity index (χ3v) is 3.97. The molecule has 1 fully saturated rings. The summed E-state index contributed by atoms with van der Waals surface area (Å²) >= 11 is 0. The third kappa shape index (κ3) is 2.07. The highest BCUT2D eigenvalue weighted by Gasteiger charge is 2.24. The average Bonchev–Trinajstić information content (AvgIpc) is 2.80. The minimum absolute atomic E-state index is 0.802. The van der Waals surface area contributed by atoms with Crippen LogP contribution in [0, 0.1) is 11.8 Å². The first-order valence-electron chi connectivity index (χ1n) is 6.46. The van der Waals surface area contributed by atoms with Crippen LogP contribution >= 0.6 is 0 Å². The maximum absolute atomic E-state index is 3.53. The predicted octanol–water partition coefficient (Wildman–Crippen LogP) is 2.81. The number of aromatic amines is 1. The summed E-state index contributed by atoms with van der Waals surface area (Å²) in [6, 6.07) is 2.20. The smallest absolute Gasteiger partial charge is 0.00807 e. The highest BCUT2D eigenvalue weighted by Crippen LogP contribution is 2.37. The molecule has 2 heteroatoms. The monoisotopic (exact) mass is 216 g/mol. The summed E-state index contributed by atoms with van der Waals surface area (Å²) in [6.45, 7) is 2.39. The zero-order valence-electron chi connectivity index (χ0n) is 9.71. The molecule has 1 saturated heterocycles. The van der Waals surface area contributed by atoms with Crippen molar-refractivity contribution in [3.63, 3.8) is 0 Å². The summed E-state index contributed by atoms with van der Waals surface area (Å²) in [4.78, 5) is 3.17. The molecule has 1 aliphatic carbocycles. The predicted molar refractivity (Wildman–Crippen MR) is 67.1 cm³/mol. The molecule has 86 valence electrons. The third-order valence-electron chi connectivity index (χ3n) is 3.97. The number of fused-ring (bicyclic) bond motifs is 2. The van der Waals surface area contributed by atoms with E-state index in [0.717, 1.165) is 11.8 Å². The van der Waals surface area contributed by atoms with Gasteiger partial charge in [-0.1, -0.05) is 6.08 Å². The molecule has 0 saturated carbocycles. The van der Waals surface area contributed by atoms with E-state index in [4.69, 9.17) is 0 Å². The molecule has 0 amide bonds. The molecule has 2 bridgehead atoms. The fraction of sp³-hybridized carbons (Fsp3) is 0.571. The summed E-state index contributed by atoms with van der Waals surface area (Å²) < 4.78 is 0. The molecule has 0 aromatic carbocycles. The largest absolute Gasteiger partial charge is 0.367 e. The first kappa shape index (κ1) is 10.2. The van der Waals surface area contributed by atoms with Crippen LogP contribution in [0.3, 0.4) is 0 Å². The fourth-order valence-corrected chi connectivity index (χ4v) is 3.12. The number of allylic oxidation sites excluding steroid dienone is 2. The second-order valence-corrected chi connectivity index (χ2v) is 5.18. The minimum Gasteiger partial charge on any atom is -0.367 e. The van der Waals surface area contributed by atoms with E-state index in [1.165, 1.54) is 44.3 Å². The molecule has 2 unspecified atom stereocenters. The molecule has 2 nitrogen and oxygen atoms in total. The Kier molecular flexibility index (Phi) is 2.83. The molecule has 1 aliphatic heterocycles. The van der Waals surface area contributed by atoms with Crippen molar-refractivity contribution in [2.75, 3.05) is 13.1 Å². The van der Waals surface area contributed by atoms with Crippen molar-refractivity contribution in [2.24, 2.45) is 11.8 Å². The maximum Gasteiger partial charge on any atom is 0.00807 e. The van der Waals surface area contributed by atoms with Gasteiger partial charge in [0.15, 0.2) is 0 Å². The van der Waals surface area contributed by atoms with E-state index < -0.39 is 0 Å². The van der Waals surface area contributed by atoms with Crippen LogP contribution in [-0.4, -0.2) is 18.1 Å². The van der Waals surface area contributed by atoms with Crippen molar-refractivity contribution in [1.82, 2.24) is 10.3 Å². The minimum atomic E-state index is 0.802. The highest BCUT2D eigenvalue weighted by molar-refractivity contribution is 5.66. The molecule has 2 N–H and O–H groups in total. The van der Waals surface area contributed by atoms with Crippen molar-refractivity contribution in [2.45, 2.75) is 25.7 Å². The van der Waals surface area contributed by atoms with Gasteiger partial charge in [0.25, 0.3) is 0 Å². The lowest BCUT2D eigenvalue weighted by Crippen LogP contribution is -2.28. The van der Waals surface area contributed by atoms with Gasteiger partial charge in [0.05, 0.1) is 0 Å². The molecule has 3 rings (SSSR count). The van der Waals surface area contributed by atoms with Crippen molar-refractivity contribution in [3.8, 4) is 0 Å². The Bertz CT molecular complexity index is 364. The van der Waals surface area contributed by atoms with E-state index in [2.05, 4.69) is 28.6 Å². The summed E-state index contributed by atoms with van der Waals surface area (Å²) in [7, 11) is 0. The van der Waals surface area contributed by atoms with Gasteiger partial charge in [0.2, 0.25) is 0 Å². The zero-order valence-corrected chi connectivity index (χ0v) is 9.71. The Morgan fingerprint density at radius 3 is 3.00 bits per heavy atom. The van der Waals surface area contributed by atoms with Gasteiger partial charge in [-0.25, -0.2) is 0 Å². The van der Waals surface area contributed by atoms with Crippen molar-refractivity contribution >= 4 is 5.57 Å². The number of H-pyrrole nitrogens is 1. The van der Waals surface area contributed by atoms with Crippen LogP contribution in [0.2, 0.25) is 0 Å². The molecule has 16 heavy (non-hydrogen) atoms. The van der Waals surface area contributed by atoms with Crippen LogP contribution in [0.5, 0.6) is 0 Å². The molecule has 2 heterocycles. The van der Waals surface area contributed by atoms with Crippen molar-refractivity contribution in [1.29, 1.82) is 0 Å². The summed E-state index contributed by atoms with van der Waals surface area (Å²) in [6.07, 6.45) is 12.0. The number of nitrogens with one attached hydrogen (secondary N) is 2. The number of aromatic nitrogens is 1. The number of hydrogen-bond donors (Lipinski definition) is 2. The first-order chi connectivity index (χ1) is 7.92. The quantitative estimate of drug-likeness (QED) is 0.742. The molecule has 2 atom stereocenters. The first-order valence-corrected chi connectivity index (χ1v) is 6.46. The molecular formula is C14H20N2. The maximum atomic E-state index is 3.53. The van der Waals surface area contributed by atoms with Gasteiger partial charge in [-0.2, -0.15) is 0 Å². The van der Waals surface area contributed by atoms with Crippen LogP contribution < -0.4 is 5.32 Å². The van der Waals surface area contributed by atoms with Gasteiger partial charge in [-0.05, 0) is 67.8 Å². The lowest BCUT2D eigenvalue weighted by Gasteiger charge is -2.31. The van der Waals surface area contributed by atoms with Crippen LogP contribution in [0.1, 0.15) is 31.2 Å². The van der Waals surface area contributed by atoms with Crippen LogP contribution in [0.4, 0.5) is 0 Å².